The Balaban J connectivity index is 1.76. The molecule has 1 unspecified atom stereocenters. The van der Waals surface area contributed by atoms with E-state index in [4.69, 9.17) is 4.42 Å². The van der Waals surface area contributed by atoms with Crippen molar-refractivity contribution in [3.05, 3.63) is 40.7 Å². The average molecular weight is 278 g/mol. The second kappa shape index (κ2) is 6.94. The minimum Gasteiger partial charge on any atom is -0.467 e. The summed E-state index contributed by atoms with van der Waals surface area (Å²) in [5.74, 6) is 2.01. The molecule has 2 aromatic heterocycles. The molecule has 5 nitrogen and oxygen atoms in total. The van der Waals surface area contributed by atoms with Crippen LogP contribution in [0.1, 0.15) is 23.6 Å². The Bertz CT molecular complexity index is 493. The molecule has 0 radical (unpaired) electrons. The fourth-order valence-electron chi connectivity index (χ4n) is 1.62. The summed E-state index contributed by atoms with van der Waals surface area (Å²) in [4.78, 5) is 8.49. The number of nitrogens with zero attached hydrogens (tertiary/aromatic N) is 2. The molecule has 6 heteroatoms. The van der Waals surface area contributed by atoms with Crippen molar-refractivity contribution in [2.75, 3.05) is 13.6 Å². The molecule has 2 rings (SSSR count). The number of hydrogen-bond donors (Lipinski definition) is 2. The number of hydrogen-bond acceptors (Lipinski definition) is 4. The number of aliphatic imine (C=N–C) groups is 1. The maximum atomic E-state index is 5.26. The molecule has 19 heavy (non-hydrogen) atoms. The molecular formula is C13H18N4OS. The van der Waals surface area contributed by atoms with E-state index in [-0.39, 0.29) is 0 Å². The smallest absolute Gasteiger partial charge is 0.191 e. The van der Waals surface area contributed by atoms with Crippen LogP contribution in [0.3, 0.4) is 0 Å². The van der Waals surface area contributed by atoms with Crippen molar-refractivity contribution >= 4 is 17.3 Å². The Morgan fingerprint density at radius 2 is 2.42 bits per heavy atom. The lowest BCUT2D eigenvalue weighted by atomic mass is 10.2. The third kappa shape index (κ3) is 4.10. The highest BCUT2D eigenvalue weighted by Crippen LogP contribution is 2.16. The molecule has 0 aliphatic carbocycles. The average Bonchev–Trinajstić information content (AvgIpc) is 3.11. The predicted octanol–water partition coefficient (Wildman–Crippen LogP) is 2.20. The Kier molecular flexibility index (Phi) is 4.97. The number of furan rings is 1. The van der Waals surface area contributed by atoms with Crippen molar-refractivity contribution in [1.29, 1.82) is 0 Å². The summed E-state index contributed by atoms with van der Waals surface area (Å²) in [7, 11) is 1.76. The van der Waals surface area contributed by atoms with E-state index >= 15 is 0 Å². The third-order valence-corrected chi connectivity index (χ3v) is 3.69. The Labute approximate surface area is 116 Å². The standard InChI is InChI=1S/C13H18N4OS/c1-10(12-15-5-7-19-12)8-16-13(14-2)17-9-11-4-3-6-18-11/h3-7,10H,8-9H2,1-2H3,(H2,14,16,17). The van der Waals surface area contributed by atoms with Gasteiger partial charge >= 0.3 is 0 Å². The lowest BCUT2D eigenvalue weighted by molar-refractivity contribution is 0.501. The lowest BCUT2D eigenvalue weighted by Gasteiger charge is -2.14. The normalized spacial score (nSPS) is 13.3. The SMILES string of the molecule is CN=C(NCc1ccco1)NCC(C)c1nccs1. The van der Waals surface area contributed by atoms with Crippen LogP contribution in [0, 0.1) is 0 Å². The van der Waals surface area contributed by atoms with Gasteiger partial charge < -0.3 is 15.1 Å². The molecule has 0 spiro atoms. The molecule has 0 saturated heterocycles. The molecule has 0 amide bonds. The first-order valence-corrected chi connectivity index (χ1v) is 7.04. The van der Waals surface area contributed by atoms with Gasteiger partial charge in [0, 0.05) is 31.1 Å². The Morgan fingerprint density at radius 3 is 3.05 bits per heavy atom. The maximum absolute atomic E-state index is 5.26. The number of aromatic nitrogens is 1. The Morgan fingerprint density at radius 1 is 1.53 bits per heavy atom. The van der Waals surface area contributed by atoms with Crippen LogP contribution >= 0.6 is 11.3 Å². The number of rotatable bonds is 5. The van der Waals surface area contributed by atoms with Crippen molar-refractivity contribution in [1.82, 2.24) is 15.6 Å². The van der Waals surface area contributed by atoms with Gasteiger partial charge in [-0.3, -0.25) is 4.99 Å². The van der Waals surface area contributed by atoms with Gasteiger partial charge in [0.1, 0.15) is 5.76 Å². The van der Waals surface area contributed by atoms with Crippen LogP contribution in [0.15, 0.2) is 39.4 Å². The number of nitrogens with one attached hydrogen (secondary N) is 2. The van der Waals surface area contributed by atoms with Gasteiger partial charge in [0.15, 0.2) is 5.96 Å². The van der Waals surface area contributed by atoms with E-state index in [1.165, 1.54) is 0 Å². The fraction of sp³-hybridized carbons (Fsp3) is 0.385. The van der Waals surface area contributed by atoms with Crippen LogP contribution in [0.25, 0.3) is 0 Å². The first kappa shape index (κ1) is 13.6. The molecule has 2 aromatic rings. The molecule has 102 valence electrons. The van der Waals surface area contributed by atoms with Crippen LogP contribution < -0.4 is 10.6 Å². The van der Waals surface area contributed by atoms with Gasteiger partial charge in [-0.15, -0.1) is 11.3 Å². The summed E-state index contributed by atoms with van der Waals surface area (Å²) < 4.78 is 5.26. The molecule has 2 N–H and O–H groups in total. The van der Waals surface area contributed by atoms with E-state index in [1.807, 2.05) is 23.7 Å². The van der Waals surface area contributed by atoms with Crippen LogP contribution in [0.5, 0.6) is 0 Å². The monoisotopic (exact) mass is 278 g/mol. The van der Waals surface area contributed by atoms with E-state index in [1.54, 1.807) is 24.6 Å². The number of guanidine groups is 1. The molecule has 0 saturated carbocycles. The van der Waals surface area contributed by atoms with E-state index in [2.05, 4.69) is 27.5 Å². The van der Waals surface area contributed by atoms with Crippen LogP contribution in [-0.4, -0.2) is 24.5 Å². The van der Waals surface area contributed by atoms with E-state index < -0.39 is 0 Å². The van der Waals surface area contributed by atoms with Gasteiger partial charge in [-0.1, -0.05) is 6.92 Å². The summed E-state index contributed by atoms with van der Waals surface area (Å²) in [6.45, 7) is 3.56. The zero-order chi connectivity index (χ0) is 13.5. The summed E-state index contributed by atoms with van der Waals surface area (Å²) >= 11 is 1.68. The molecule has 0 fully saturated rings. The molecular weight excluding hydrogens is 260 g/mol. The minimum atomic E-state index is 0.363. The lowest BCUT2D eigenvalue weighted by Crippen LogP contribution is -2.38. The summed E-state index contributed by atoms with van der Waals surface area (Å²) in [5.41, 5.74) is 0. The molecule has 2 heterocycles. The summed E-state index contributed by atoms with van der Waals surface area (Å²) in [6, 6.07) is 3.80. The van der Waals surface area contributed by atoms with E-state index in [0.29, 0.717) is 12.5 Å². The maximum Gasteiger partial charge on any atom is 0.191 e. The first-order chi connectivity index (χ1) is 9.29. The second-order valence-electron chi connectivity index (χ2n) is 4.16. The van der Waals surface area contributed by atoms with Gasteiger partial charge in [0.25, 0.3) is 0 Å². The van der Waals surface area contributed by atoms with Crippen molar-refractivity contribution in [3.63, 3.8) is 0 Å². The predicted molar refractivity (Wildman–Crippen MR) is 77.4 cm³/mol. The van der Waals surface area contributed by atoms with Crippen molar-refractivity contribution in [2.45, 2.75) is 19.4 Å². The van der Waals surface area contributed by atoms with Crippen LogP contribution in [0.2, 0.25) is 0 Å². The van der Waals surface area contributed by atoms with E-state index in [9.17, 15) is 0 Å². The van der Waals surface area contributed by atoms with Crippen molar-refractivity contribution < 1.29 is 4.42 Å². The first-order valence-electron chi connectivity index (χ1n) is 6.16. The quantitative estimate of drug-likeness (QED) is 0.650. The second-order valence-corrected chi connectivity index (χ2v) is 5.08. The molecule has 0 bridgehead atoms. The fourth-order valence-corrected chi connectivity index (χ4v) is 2.32. The largest absolute Gasteiger partial charge is 0.467 e. The zero-order valence-corrected chi connectivity index (χ0v) is 11.9. The topological polar surface area (TPSA) is 62.5 Å². The summed E-state index contributed by atoms with van der Waals surface area (Å²) in [6.07, 6.45) is 3.50. The van der Waals surface area contributed by atoms with Gasteiger partial charge in [0.2, 0.25) is 0 Å². The van der Waals surface area contributed by atoms with Crippen LogP contribution in [-0.2, 0) is 6.54 Å². The highest BCUT2D eigenvalue weighted by molar-refractivity contribution is 7.09. The third-order valence-electron chi connectivity index (χ3n) is 2.68. The molecule has 1 atom stereocenters. The highest BCUT2D eigenvalue weighted by atomic mass is 32.1. The minimum absolute atomic E-state index is 0.363. The van der Waals surface area contributed by atoms with Gasteiger partial charge in [0.05, 0.1) is 17.8 Å². The summed E-state index contributed by atoms with van der Waals surface area (Å²) in [5, 5.41) is 9.61. The molecule has 0 aliphatic heterocycles. The molecule has 0 aromatic carbocycles. The Hall–Kier alpha value is -1.82. The van der Waals surface area contributed by atoms with Crippen LogP contribution in [0.4, 0.5) is 0 Å². The zero-order valence-electron chi connectivity index (χ0n) is 11.1. The van der Waals surface area contributed by atoms with Crippen molar-refractivity contribution in [2.24, 2.45) is 4.99 Å². The number of thiazole rings is 1. The van der Waals surface area contributed by atoms with Gasteiger partial charge in [-0.2, -0.15) is 0 Å². The molecule has 0 aliphatic rings. The van der Waals surface area contributed by atoms with Crippen molar-refractivity contribution in [3.8, 4) is 0 Å². The van der Waals surface area contributed by atoms with E-state index in [0.717, 1.165) is 23.3 Å². The van der Waals surface area contributed by atoms with Gasteiger partial charge in [-0.25, -0.2) is 4.98 Å². The highest BCUT2D eigenvalue weighted by Gasteiger charge is 2.08. The van der Waals surface area contributed by atoms with Gasteiger partial charge in [-0.05, 0) is 12.1 Å².